The van der Waals surface area contributed by atoms with Crippen molar-refractivity contribution in [3.05, 3.63) is 65.5 Å². The Balaban J connectivity index is 1.51. The summed E-state index contributed by atoms with van der Waals surface area (Å²) in [5.74, 6) is 1.90. The maximum atomic E-state index is 13.4. The van der Waals surface area contributed by atoms with Gasteiger partial charge < -0.3 is 9.30 Å². The number of rotatable bonds is 8. The Labute approximate surface area is 187 Å². The summed E-state index contributed by atoms with van der Waals surface area (Å²) < 4.78 is 21.0. The predicted molar refractivity (Wildman–Crippen MR) is 123 cm³/mol. The van der Waals surface area contributed by atoms with Crippen LogP contribution in [0, 0.1) is 5.82 Å². The summed E-state index contributed by atoms with van der Waals surface area (Å²) >= 11 is 1.69. The molecule has 0 spiro atoms. The van der Waals surface area contributed by atoms with Crippen molar-refractivity contribution in [2.24, 2.45) is 0 Å². The van der Waals surface area contributed by atoms with Crippen molar-refractivity contribution in [1.82, 2.24) is 19.7 Å². The van der Waals surface area contributed by atoms with Crippen LogP contribution in [0.2, 0.25) is 0 Å². The van der Waals surface area contributed by atoms with Crippen LogP contribution in [0.1, 0.15) is 30.9 Å². The maximum Gasteiger partial charge on any atom is 0.191 e. The first kappa shape index (κ1) is 22.0. The van der Waals surface area contributed by atoms with Gasteiger partial charge in [0.25, 0.3) is 0 Å². The molecule has 0 atom stereocenters. The summed E-state index contributed by atoms with van der Waals surface area (Å²) in [5, 5.41) is 9.82. The molecule has 2 aromatic carbocycles. The average molecular weight is 441 g/mol. The summed E-state index contributed by atoms with van der Waals surface area (Å²) in [6.07, 6.45) is 0. The summed E-state index contributed by atoms with van der Waals surface area (Å²) in [6, 6.07) is 15.3. The second-order valence-electron chi connectivity index (χ2n) is 8.10. The number of nitrogens with zero attached hydrogens (tertiary/aromatic N) is 4. The fourth-order valence-electron chi connectivity index (χ4n) is 3.62. The van der Waals surface area contributed by atoms with Gasteiger partial charge >= 0.3 is 0 Å². The Kier molecular flexibility index (Phi) is 7.37. The molecular weight excluding hydrogens is 411 g/mol. The van der Waals surface area contributed by atoms with E-state index in [-0.39, 0.29) is 5.82 Å². The third-order valence-electron chi connectivity index (χ3n) is 5.58. The lowest BCUT2D eigenvalue weighted by Crippen LogP contribution is -2.38. The molecule has 0 aliphatic carbocycles. The molecule has 1 fully saturated rings. The lowest BCUT2D eigenvalue weighted by atomic mass is 10.0. The van der Waals surface area contributed by atoms with Gasteiger partial charge in [-0.25, -0.2) is 4.39 Å². The van der Waals surface area contributed by atoms with Crippen LogP contribution in [0.5, 0.6) is 0 Å². The van der Waals surface area contributed by atoms with Crippen molar-refractivity contribution in [3.63, 3.8) is 0 Å². The van der Waals surface area contributed by atoms with E-state index in [1.807, 2.05) is 0 Å². The van der Waals surface area contributed by atoms with Crippen molar-refractivity contribution in [2.45, 2.75) is 37.2 Å². The van der Waals surface area contributed by atoms with E-state index in [1.54, 1.807) is 23.9 Å². The minimum absolute atomic E-state index is 0.248. The molecule has 1 aliphatic heterocycles. The summed E-state index contributed by atoms with van der Waals surface area (Å²) in [6.45, 7) is 9.55. The number of halogens is 1. The normalized spacial score (nSPS) is 15.0. The van der Waals surface area contributed by atoms with E-state index in [0.29, 0.717) is 5.92 Å². The molecule has 2 heterocycles. The van der Waals surface area contributed by atoms with Crippen LogP contribution >= 0.6 is 11.8 Å². The first-order valence-electron chi connectivity index (χ1n) is 10.8. The highest BCUT2D eigenvalue weighted by molar-refractivity contribution is 7.98. The van der Waals surface area contributed by atoms with E-state index >= 15 is 0 Å². The van der Waals surface area contributed by atoms with Gasteiger partial charge in [-0.1, -0.05) is 49.9 Å². The smallest absolute Gasteiger partial charge is 0.191 e. The first-order chi connectivity index (χ1) is 15.1. The molecule has 31 heavy (non-hydrogen) atoms. The van der Waals surface area contributed by atoms with Crippen molar-refractivity contribution >= 4 is 11.8 Å². The van der Waals surface area contributed by atoms with Crippen LogP contribution in [-0.2, 0) is 17.0 Å². The molecule has 0 saturated carbocycles. The Morgan fingerprint density at radius 2 is 1.68 bits per heavy atom. The monoisotopic (exact) mass is 440 g/mol. The molecule has 0 radical (unpaired) electrons. The largest absolute Gasteiger partial charge is 0.379 e. The maximum absolute atomic E-state index is 13.4. The lowest BCUT2D eigenvalue weighted by molar-refractivity contribution is 0.0361. The third-order valence-corrected chi connectivity index (χ3v) is 6.62. The second kappa shape index (κ2) is 10.4. The minimum atomic E-state index is -0.248. The van der Waals surface area contributed by atoms with Gasteiger partial charge in [0.05, 0.1) is 13.2 Å². The number of hydrogen-bond donors (Lipinski definition) is 0. The Bertz CT molecular complexity index is 966. The highest BCUT2D eigenvalue weighted by atomic mass is 32.2. The van der Waals surface area contributed by atoms with E-state index in [4.69, 9.17) is 4.74 Å². The molecule has 0 unspecified atom stereocenters. The molecule has 0 amide bonds. The third kappa shape index (κ3) is 5.73. The molecule has 7 heteroatoms. The second-order valence-corrected chi connectivity index (χ2v) is 9.05. The molecule has 3 aromatic rings. The Morgan fingerprint density at radius 1 is 0.968 bits per heavy atom. The van der Waals surface area contributed by atoms with Gasteiger partial charge in [0.1, 0.15) is 5.82 Å². The van der Waals surface area contributed by atoms with E-state index in [9.17, 15) is 4.39 Å². The number of benzene rings is 2. The van der Waals surface area contributed by atoms with Crippen LogP contribution in [0.15, 0.2) is 53.7 Å². The van der Waals surface area contributed by atoms with E-state index < -0.39 is 0 Å². The van der Waals surface area contributed by atoms with Gasteiger partial charge in [-0.3, -0.25) is 4.90 Å². The number of ether oxygens (including phenoxy) is 1. The summed E-state index contributed by atoms with van der Waals surface area (Å²) in [5.41, 5.74) is 3.49. The Morgan fingerprint density at radius 3 is 2.35 bits per heavy atom. The molecule has 1 saturated heterocycles. The molecular formula is C24H29FN4OS. The van der Waals surface area contributed by atoms with Crippen LogP contribution < -0.4 is 0 Å². The number of hydrogen-bond acceptors (Lipinski definition) is 5. The number of aromatic nitrogens is 3. The highest BCUT2D eigenvalue weighted by Gasteiger charge is 2.17. The topological polar surface area (TPSA) is 43.2 Å². The molecule has 164 valence electrons. The zero-order valence-corrected chi connectivity index (χ0v) is 18.9. The van der Waals surface area contributed by atoms with Crippen LogP contribution in [0.3, 0.4) is 0 Å². The van der Waals surface area contributed by atoms with Crippen LogP contribution in [-0.4, -0.2) is 52.5 Å². The first-order valence-corrected chi connectivity index (χ1v) is 11.8. The highest BCUT2D eigenvalue weighted by Crippen LogP contribution is 2.27. The molecule has 0 bridgehead atoms. The molecule has 0 N–H and O–H groups in total. The van der Waals surface area contributed by atoms with E-state index in [1.165, 1.54) is 23.3 Å². The van der Waals surface area contributed by atoms with Crippen molar-refractivity contribution in [2.75, 3.05) is 32.8 Å². The van der Waals surface area contributed by atoms with E-state index in [2.05, 4.69) is 57.8 Å². The van der Waals surface area contributed by atoms with Gasteiger partial charge in [-0.2, -0.15) is 0 Å². The Hall–Kier alpha value is -2.22. The van der Waals surface area contributed by atoms with Gasteiger partial charge in [0.15, 0.2) is 11.0 Å². The predicted octanol–water partition coefficient (Wildman–Crippen LogP) is 4.83. The average Bonchev–Trinajstić information content (AvgIpc) is 3.20. The zero-order chi connectivity index (χ0) is 21.6. The molecule has 4 rings (SSSR count). The molecule has 1 aromatic heterocycles. The summed E-state index contributed by atoms with van der Waals surface area (Å²) in [7, 11) is 0. The number of morpholine rings is 1. The van der Waals surface area contributed by atoms with Crippen LogP contribution in [0.4, 0.5) is 4.39 Å². The van der Waals surface area contributed by atoms with Crippen molar-refractivity contribution < 1.29 is 9.13 Å². The van der Waals surface area contributed by atoms with Crippen molar-refractivity contribution in [3.8, 4) is 11.4 Å². The quantitative estimate of drug-likeness (QED) is 0.469. The van der Waals surface area contributed by atoms with E-state index in [0.717, 1.165) is 61.7 Å². The van der Waals surface area contributed by atoms with Gasteiger partial charge in [0, 0.05) is 37.5 Å². The fraction of sp³-hybridized carbons (Fsp3) is 0.417. The lowest BCUT2D eigenvalue weighted by Gasteiger charge is -2.27. The molecule has 5 nitrogen and oxygen atoms in total. The molecule has 1 aliphatic rings. The van der Waals surface area contributed by atoms with Gasteiger partial charge in [0.2, 0.25) is 0 Å². The standard InChI is InChI=1S/C24H29FN4OS/c1-18(2)20-5-3-19(4-6-20)17-31-24-27-26-23(21-7-9-22(25)10-8-21)29(24)12-11-28-13-15-30-16-14-28/h3-10,18H,11-17H2,1-2H3. The van der Waals surface area contributed by atoms with Crippen molar-refractivity contribution in [1.29, 1.82) is 0 Å². The van der Waals surface area contributed by atoms with Crippen LogP contribution in [0.25, 0.3) is 11.4 Å². The minimum Gasteiger partial charge on any atom is -0.379 e. The summed E-state index contributed by atoms with van der Waals surface area (Å²) in [4.78, 5) is 2.40. The SMILES string of the molecule is CC(C)c1ccc(CSc2nnc(-c3ccc(F)cc3)n2CCN2CCOCC2)cc1. The van der Waals surface area contributed by atoms with Gasteiger partial charge in [-0.15, -0.1) is 10.2 Å². The number of thioether (sulfide) groups is 1. The zero-order valence-electron chi connectivity index (χ0n) is 18.1. The van der Waals surface area contributed by atoms with Gasteiger partial charge in [-0.05, 0) is 41.3 Å². The fourth-order valence-corrected chi connectivity index (χ4v) is 4.54.